The highest BCUT2D eigenvalue weighted by Gasteiger charge is 2.02. The van der Waals surface area contributed by atoms with Crippen molar-refractivity contribution in [2.24, 2.45) is 0 Å². The smallest absolute Gasteiger partial charge is 0.0659 e. The Bertz CT molecular complexity index is 285. The van der Waals surface area contributed by atoms with E-state index in [0.29, 0.717) is 13.2 Å². The minimum absolute atomic E-state index is 0.714. The van der Waals surface area contributed by atoms with Crippen LogP contribution in [0.4, 0.5) is 0 Å². The average molecular weight is 190 g/mol. The van der Waals surface area contributed by atoms with E-state index in [-0.39, 0.29) is 0 Å². The van der Waals surface area contributed by atoms with E-state index in [9.17, 15) is 0 Å². The van der Waals surface area contributed by atoms with Gasteiger partial charge in [-0.1, -0.05) is 11.8 Å². The van der Waals surface area contributed by atoms with Crippen LogP contribution in [0.5, 0.6) is 0 Å². The van der Waals surface area contributed by atoms with E-state index in [2.05, 4.69) is 24.0 Å². The zero-order valence-corrected chi connectivity index (χ0v) is 8.21. The molecule has 2 nitrogen and oxygen atoms in total. The molecule has 0 saturated heterocycles. The first-order chi connectivity index (χ1) is 6.95. The van der Waals surface area contributed by atoms with Crippen LogP contribution in [0.2, 0.25) is 0 Å². The summed E-state index contributed by atoms with van der Waals surface area (Å²) in [6, 6.07) is 0. The topological polar surface area (TPSA) is 18.5 Å². The fourth-order valence-corrected chi connectivity index (χ4v) is 1.44. The molecule has 2 rings (SSSR count). The van der Waals surface area contributed by atoms with E-state index in [4.69, 9.17) is 9.47 Å². The van der Waals surface area contributed by atoms with Gasteiger partial charge in [0, 0.05) is 24.0 Å². The van der Waals surface area contributed by atoms with E-state index < -0.39 is 0 Å². The molecule has 0 N–H and O–H groups in total. The van der Waals surface area contributed by atoms with Gasteiger partial charge < -0.3 is 9.47 Å². The van der Waals surface area contributed by atoms with Gasteiger partial charge in [0.15, 0.2) is 0 Å². The summed E-state index contributed by atoms with van der Waals surface area (Å²) in [4.78, 5) is 0. The molecule has 0 fully saturated rings. The Kier molecular flexibility index (Phi) is 3.39. The van der Waals surface area contributed by atoms with Crippen LogP contribution >= 0.6 is 0 Å². The highest BCUT2D eigenvalue weighted by molar-refractivity contribution is 5.38. The van der Waals surface area contributed by atoms with E-state index in [1.165, 1.54) is 11.1 Å². The van der Waals surface area contributed by atoms with Crippen molar-refractivity contribution in [3.63, 3.8) is 0 Å². The molecule has 0 bridgehead atoms. The molecular formula is C12H14O2. The molecule has 74 valence electrons. The van der Waals surface area contributed by atoms with Gasteiger partial charge in [0.1, 0.15) is 0 Å². The molecule has 2 heterocycles. The van der Waals surface area contributed by atoms with Crippen molar-refractivity contribution < 1.29 is 9.47 Å². The summed E-state index contributed by atoms with van der Waals surface area (Å²) < 4.78 is 10.4. The van der Waals surface area contributed by atoms with E-state index >= 15 is 0 Å². The molecule has 2 heteroatoms. The van der Waals surface area contributed by atoms with Gasteiger partial charge in [-0.15, -0.1) is 0 Å². The summed E-state index contributed by atoms with van der Waals surface area (Å²) >= 11 is 0. The number of hydrogen-bond donors (Lipinski definition) is 0. The third kappa shape index (κ3) is 2.73. The Morgan fingerprint density at radius 1 is 0.857 bits per heavy atom. The van der Waals surface area contributed by atoms with Crippen molar-refractivity contribution in [3.05, 3.63) is 23.3 Å². The van der Waals surface area contributed by atoms with E-state index in [1.54, 1.807) is 0 Å². The zero-order chi connectivity index (χ0) is 9.64. The molecule has 14 heavy (non-hydrogen) atoms. The van der Waals surface area contributed by atoms with Crippen molar-refractivity contribution >= 4 is 0 Å². The molecule has 0 unspecified atom stereocenters. The van der Waals surface area contributed by atoms with Crippen LogP contribution < -0.4 is 0 Å². The lowest BCUT2D eigenvalue weighted by Gasteiger charge is -2.09. The molecule has 0 saturated carbocycles. The van der Waals surface area contributed by atoms with Crippen LogP contribution in [0.1, 0.15) is 12.8 Å². The maximum atomic E-state index is 5.21. The molecule has 0 radical (unpaired) electrons. The van der Waals surface area contributed by atoms with E-state index in [0.717, 1.165) is 26.1 Å². The maximum absolute atomic E-state index is 5.21. The first-order valence-electron chi connectivity index (χ1n) is 5.01. The van der Waals surface area contributed by atoms with Crippen LogP contribution in [-0.4, -0.2) is 26.4 Å². The quantitative estimate of drug-likeness (QED) is 0.541. The summed E-state index contributed by atoms with van der Waals surface area (Å²) in [5.74, 6) is 6.40. The summed E-state index contributed by atoms with van der Waals surface area (Å²) in [6.07, 6.45) is 6.04. The van der Waals surface area contributed by atoms with Gasteiger partial charge >= 0.3 is 0 Å². The molecule has 0 amide bonds. The molecule has 0 atom stereocenters. The molecule has 0 aromatic heterocycles. The van der Waals surface area contributed by atoms with Gasteiger partial charge in [-0.2, -0.15) is 0 Å². The molecule has 2 aliphatic rings. The fraction of sp³-hybridized carbons (Fsp3) is 0.500. The Morgan fingerprint density at radius 3 is 1.71 bits per heavy atom. The summed E-state index contributed by atoms with van der Waals surface area (Å²) in [5.41, 5.74) is 2.42. The van der Waals surface area contributed by atoms with Crippen molar-refractivity contribution in [2.75, 3.05) is 26.4 Å². The lowest BCUT2D eigenvalue weighted by Crippen LogP contribution is -2.04. The fourth-order valence-electron chi connectivity index (χ4n) is 1.44. The standard InChI is InChI=1S/C12H14O2/c1(11-3-7-13-8-4-11)2-12-5-9-14-10-6-12/h3,5H,4,6-10H2. The Hall–Kier alpha value is -1.04. The Balaban J connectivity index is 1.97. The number of rotatable bonds is 0. The second-order valence-electron chi connectivity index (χ2n) is 3.36. The zero-order valence-electron chi connectivity index (χ0n) is 8.21. The third-order valence-electron chi connectivity index (χ3n) is 2.31. The molecule has 0 aromatic rings. The largest absolute Gasteiger partial charge is 0.377 e. The first kappa shape index (κ1) is 9.51. The lowest BCUT2D eigenvalue weighted by molar-refractivity contribution is 0.155. The van der Waals surface area contributed by atoms with Crippen molar-refractivity contribution in [1.29, 1.82) is 0 Å². The van der Waals surface area contributed by atoms with Gasteiger partial charge in [0.05, 0.1) is 26.4 Å². The van der Waals surface area contributed by atoms with Crippen molar-refractivity contribution in [1.82, 2.24) is 0 Å². The predicted octanol–water partition coefficient (Wildman–Crippen LogP) is 1.68. The van der Waals surface area contributed by atoms with Gasteiger partial charge in [-0.05, 0) is 12.2 Å². The minimum Gasteiger partial charge on any atom is -0.377 e. The molecule has 2 aliphatic heterocycles. The van der Waals surface area contributed by atoms with Crippen LogP contribution in [0.15, 0.2) is 23.3 Å². The number of hydrogen-bond acceptors (Lipinski definition) is 2. The van der Waals surface area contributed by atoms with Crippen molar-refractivity contribution in [2.45, 2.75) is 12.8 Å². The lowest BCUT2D eigenvalue weighted by atomic mass is 10.1. The summed E-state index contributed by atoms with van der Waals surface area (Å²) in [6.45, 7) is 3.05. The SMILES string of the molecule is C(#CC1=CCOCC1)C1=CCOCC1. The average Bonchev–Trinajstić information content (AvgIpc) is 2.29. The molecule has 0 aliphatic carbocycles. The van der Waals surface area contributed by atoms with Gasteiger partial charge in [-0.3, -0.25) is 0 Å². The Labute approximate surface area is 84.6 Å². The molecule has 0 aromatic carbocycles. The van der Waals surface area contributed by atoms with E-state index in [1.807, 2.05) is 0 Å². The highest BCUT2D eigenvalue weighted by Crippen LogP contribution is 2.09. The minimum atomic E-state index is 0.714. The van der Waals surface area contributed by atoms with Gasteiger partial charge in [0.2, 0.25) is 0 Å². The normalized spacial score (nSPS) is 21.7. The summed E-state index contributed by atoms with van der Waals surface area (Å²) in [5, 5.41) is 0. The van der Waals surface area contributed by atoms with Crippen LogP contribution in [0.3, 0.4) is 0 Å². The maximum Gasteiger partial charge on any atom is 0.0659 e. The van der Waals surface area contributed by atoms with Crippen LogP contribution in [0, 0.1) is 11.8 Å². The van der Waals surface area contributed by atoms with Gasteiger partial charge in [-0.25, -0.2) is 0 Å². The predicted molar refractivity (Wildman–Crippen MR) is 54.8 cm³/mol. The molecular weight excluding hydrogens is 176 g/mol. The third-order valence-corrected chi connectivity index (χ3v) is 2.31. The second kappa shape index (κ2) is 4.99. The Morgan fingerprint density at radius 2 is 1.36 bits per heavy atom. The van der Waals surface area contributed by atoms with Gasteiger partial charge in [0.25, 0.3) is 0 Å². The van der Waals surface area contributed by atoms with Crippen molar-refractivity contribution in [3.8, 4) is 11.8 Å². The highest BCUT2D eigenvalue weighted by atomic mass is 16.5. The monoisotopic (exact) mass is 190 g/mol. The molecule has 0 spiro atoms. The van der Waals surface area contributed by atoms with Crippen LogP contribution in [-0.2, 0) is 9.47 Å². The summed E-state index contributed by atoms with van der Waals surface area (Å²) in [7, 11) is 0. The first-order valence-corrected chi connectivity index (χ1v) is 5.01. The number of ether oxygens (including phenoxy) is 2. The van der Waals surface area contributed by atoms with Crippen LogP contribution in [0.25, 0.3) is 0 Å². The second-order valence-corrected chi connectivity index (χ2v) is 3.36.